The van der Waals surface area contributed by atoms with Crippen molar-refractivity contribution in [1.82, 2.24) is 9.99 Å². The number of hydrogen-bond donors (Lipinski definition) is 3. The van der Waals surface area contributed by atoms with E-state index in [4.69, 9.17) is 19.5 Å². The highest BCUT2D eigenvalue weighted by atomic mass is 32.2. The highest BCUT2D eigenvalue weighted by Crippen LogP contribution is 2.48. The quantitative estimate of drug-likeness (QED) is 0.216. The molecule has 0 aliphatic carbocycles. The third-order valence-corrected chi connectivity index (χ3v) is 10.3. The van der Waals surface area contributed by atoms with E-state index in [1.165, 1.54) is 0 Å². The van der Waals surface area contributed by atoms with Crippen LogP contribution in [0.1, 0.15) is 46.5 Å². The largest absolute Gasteiger partial charge is 0.464 e. The summed E-state index contributed by atoms with van der Waals surface area (Å²) in [5.74, 6) is 0.421. The number of nitrogens with two attached hydrogens (primary N) is 1. The van der Waals surface area contributed by atoms with Crippen molar-refractivity contribution in [1.29, 1.82) is 0 Å². The zero-order chi connectivity index (χ0) is 28.7. The molecule has 5 atom stereocenters. The molecule has 1 saturated heterocycles. The van der Waals surface area contributed by atoms with Crippen molar-refractivity contribution in [2.45, 2.75) is 69.5 Å². The minimum absolute atomic E-state index is 0.0165. The Balaban J connectivity index is 1.45. The van der Waals surface area contributed by atoms with Crippen LogP contribution in [0.2, 0.25) is 0 Å². The molecule has 4 N–H and O–H groups in total. The van der Waals surface area contributed by atoms with Gasteiger partial charge in [-0.25, -0.2) is 9.56 Å². The van der Waals surface area contributed by atoms with Crippen molar-refractivity contribution >= 4 is 42.1 Å². The number of aliphatic hydroxyl groups excluding tert-OH is 1. The lowest BCUT2D eigenvalue weighted by Gasteiger charge is -2.31. The van der Waals surface area contributed by atoms with Crippen molar-refractivity contribution in [3.8, 4) is 5.75 Å². The van der Waals surface area contributed by atoms with Gasteiger partial charge in [-0.3, -0.25) is 9.32 Å². The van der Waals surface area contributed by atoms with Gasteiger partial charge < -0.3 is 25.0 Å². The summed E-state index contributed by atoms with van der Waals surface area (Å²) in [7, 11) is -4.02. The Morgan fingerprint density at radius 3 is 2.73 bits per heavy atom. The first-order valence-electron chi connectivity index (χ1n) is 13.7. The molecule has 4 rings (SSSR count). The van der Waals surface area contributed by atoms with Crippen LogP contribution in [0.25, 0.3) is 10.8 Å². The third-order valence-electron chi connectivity index (χ3n) is 7.09. The average Bonchev–Trinajstić information content (AvgIpc) is 3.41. The number of benzene rings is 2. The molecule has 2 aromatic rings. The first kappa shape index (κ1) is 30.4. The Bertz CT molecular complexity index is 1270. The molecule has 40 heavy (non-hydrogen) atoms. The van der Waals surface area contributed by atoms with Gasteiger partial charge in [-0.2, -0.15) is 5.09 Å². The molecule has 0 saturated carbocycles. The molecule has 2 aliphatic heterocycles. The predicted molar refractivity (Wildman–Crippen MR) is 159 cm³/mol. The SMILES string of the molecule is CCC(CC)COC(=O)[C@H](C)NP(=O)(OC[C@@H]1CC[C@H](N2C=CC(N)=NC2O)S1)Oc1cccc2ccccc12. The van der Waals surface area contributed by atoms with Crippen LogP contribution in [0.5, 0.6) is 5.75 Å². The summed E-state index contributed by atoms with van der Waals surface area (Å²) >= 11 is 1.60. The fourth-order valence-electron chi connectivity index (χ4n) is 4.57. The van der Waals surface area contributed by atoms with Crippen LogP contribution in [-0.4, -0.2) is 58.0 Å². The zero-order valence-corrected chi connectivity index (χ0v) is 24.9. The van der Waals surface area contributed by atoms with Crippen molar-refractivity contribution in [3.63, 3.8) is 0 Å². The zero-order valence-electron chi connectivity index (χ0n) is 23.1. The number of rotatable bonds is 13. The molecule has 0 radical (unpaired) electrons. The minimum Gasteiger partial charge on any atom is -0.464 e. The monoisotopic (exact) mass is 590 g/mol. The first-order chi connectivity index (χ1) is 19.2. The van der Waals surface area contributed by atoms with E-state index in [0.717, 1.165) is 36.5 Å². The number of thioether (sulfide) groups is 1. The second kappa shape index (κ2) is 13.9. The minimum atomic E-state index is -4.02. The lowest BCUT2D eigenvalue weighted by Crippen LogP contribution is -2.39. The van der Waals surface area contributed by atoms with Crippen LogP contribution in [0.3, 0.4) is 0 Å². The molecule has 0 amide bonds. The summed E-state index contributed by atoms with van der Waals surface area (Å²) in [6.07, 6.45) is 5.69. The lowest BCUT2D eigenvalue weighted by molar-refractivity contribution is -0.146. The maximum Gasteiger partial charge on any atom is 0.459 e. The fraction of sp³-hybridized carbons (Fsp3) is 0.500. The molecule has 2 unspecified atom stereocenters. The van der Waals surface area contributed by atoms with Crippen molar-refractivity contribution in [2.75, 3.05) is 13.2 Å². The molecule has 2 aromatic carbocycles. The van der Waals surface area contributed by atoms with Gasteiger partial charge in [-0.1, -0.05) is 63.1 Å². The number of amidine groups is 1. The number of nitrogens with zero attached hydrogens (tertiary/aromatic N) is 2. The Hall–Kier alpha value is -2.56. The van der Waals surface area contributed by atoms with Gasteiger partial charge >= 0.3 is 13.7 Å². The second-order valence-corrected chi connectivity index (χ2v) is 13.2. The summed E-state index contributed by atoms with van der Waals surface area (Å²) in [4.78, 5) is 18.5. The van der Waals surface area contributed by atoms with Gasteiger partial charge in [0.15, 0.2) is 0 Å². The van der Waals surface area contributed by atoms with Gasteiger partial charge in [0.1, 0.15) is 17.6 Å². The second-order valence-electron chi connectivity index (χ2n) is 9.98. The van der Waals surface area contributed by atoms with E-state index in [0.29, 0.717) is 12.4 Å². The average molecular weight is 591 g/mol. The smallest absolute Gasteiger partial charge is 0.459 e. The summed E-state index contributed by atoms with van der Waals surface area (Å²) in [5, 5.41) is 14.8. The fourth-order valence-corrected chi connectivity index (χ4v) is 7.68. The number of nitrogens with one attached hydrogen (secondary N) is 1. The number of fused-ring (bicyclic) bond motifs is 1. The van der Waals surface area contributed by atoms with Crippen LogP contribution in [-0.2, 0) is 18.6 Å². The highest BCUT2D eigenvalue weighted by molar-refractivity contribution is 8.00. The Morgan fingerprint density at radius 2 is 1.98 bits per heavy atom. The number of aliphatic hydroxyl groups is 1. The van der Waals surface area contributed by atoms with Crippen LogP contribution in [0, 0.1) is 5.92 Å². The van der Waals surface area contributed by atoms with E-state index in [-0.39, 0.29) is 29.0 Å². The lowest BCUT2D eigenvalue weighted by atomic mass is 10.1. The van der Waals surface area contributed by atoms with Gasteiger partial charge in [-0.05, 0) is 43.2 Å². The molecule has 1 fully saturated rings. The van der Waals surface area contributed by atoms with Gasteiger partial charge in [-0.15, -0.1) is 11.8 Å². The Labute approximate surface area is 239 Å². The number of carbonyl (C=O) groups is 1. The molecule has 0 aromatic heterocycles. The number of aliphatic imine (C=N–C) groups is 1. The normalized spacial score (nSPS) is 23.2. The maximum absolute atomic E-state index is 14.2. The number of ether oxygens (including phenoxy) is 1. The van der Waals surface area contributed by atoms with Crippen molar-refractivity contribution in [2.24, 2.45) is 16.6 Å². The third kappa shape index (κ3) is 7.79. The summed E-state index contributed by atoms with van der Waals surface area (Å²) in [5.41, 5.74) is 5.68. The molecular formula is C28H39N4O6PS. The predicted octanol–water partition coefficient (Wildman–Crippen LogP) is 4.98. The molecule has 12 heteroatoms. The number of hydrogen-bond acceptors (Lipinski definition) is 10. The molecule has 0 bridgehead atoms. The van der Waals surface area contributed by atoms with E-state index in [1.54, 1.807) is 41.9 Å². The van der Waals surface area contributed by atoms with E-state index in [2.05, 4.69) is 23.9 Å². The molecular weight excluding hydrogens is 551 g/mol. The first-order valence-corrected chi connectivity index (χ1v) is 16.2. The van der Waals surface area contributed by atoms with Crippen molar-refractivity contribution in [3.05, 3.63) is 54.7 Å². The molecule has 2 aliphatic rings. The number of esters is 1. The van der Waals surface area contributed by atoms with Crippen LogP contribution < -0.4 is 15.3 Å². The molecule has 0 spiro atoms. The molecule has 218 valence electrons. The maximum atomic E-state index is 14.2. The van der Waals surface area contributed by atoms with Crippen LogP contribution >= 0.6 is 19.5 Å². The standard InChI is InChI=1S/C28H39N4O6PS/c1-4-20(5-2)17-36-27(33)19(3)31-39(35,38-24-12-8-10-21-9-6-7-11-23(21)24)37-18-22-13-14-26(40-22)32-16-15-25(29)30-28(32)34/h6-12,15-16,19-20,22,26,28,34H,4-5,13-14,17-18H2,1-3H3,(H2,29,30)(H,31,35)/t19-,22-,26+,28?,39?/m0/s1. The van der Waals surface area contributed by atoms with Crippen molar-refractivity contribution < 1.29 is 28.3 Å². The van der Waals surface area contributed by atoms with Gasteiger partial charge in [0.2, 0.25) is 6.35 Å². The van der Waals surface area contributed by atoms with Gasteiger partial charge in [0, 0.05) is 16.8 Å². The molecule has 2 heterocycles. The van der Waals surface area contributed by atoms with Gasteiger partial charge in [0.25, 0.3) is 0 Å². The Morgan fingerprint density at radius 1 is 1.23 bits per heavy atom. The van der Waals surface area contributed by atoms with E-state index in [1.807, 2.05) is 36.4 Å². The van der Waals surface area contributed by atoms with Crippen LogP contribution in [0.4, 0.5) is 0 Å². The topological polar surface area (TPSA) is 136 Å². The molecule has 10 nitrogen and oxygen atoms in total. The van der Waals surface area contributed by atoms with Crippen LogP contribution in [0.15, 0.2) is 59.7 Å². The highest BCUT2D eigenvalue weighted by Gasteiger charge is 2.37. The summed E-state index contributed by atoms with van der Waals surface area (Å²) in [6, 6.07) is 12.2. The van der Waals surface area contributed by atoms with E-state index >= 15 is 0 Å². The number of carbonyl (C=O) groups excluding carboxylic acids is 1. The van der Waals surface area contributed by atoms with Gasteiger partial charge in [0.05, 0.1) is 18.6 Å². The van der Waals surface area contributed by atoms with E-state index < -0.39 is 26.1 Å². The summed E-state index contributed by atoms with van der Waals surface area (Å²) < 4.78 is 31.7. The Kier molecular flexibility index (Phi) is 10.5. The van der Waals surface area contributed by atoms with E-state index in [9.17, 15) is 14.5 Å². The summed E-state index contributed by atoms with van der Waals surface area (Å²) in [6.45, 7) is 6.12.